The molecule has 0 aliphatic rings. The van der Waals surface area contributed by atoms with Crippen LogP contribution in [0.15, 0.2) is 18.5 Å². The minimum Gasteiger partial charge on any atom is -0.359 e. The molecule has 2 aromatic heterocycles. The van der Waals surface area contributed by atoms with Crippen molar-refractivity contribution in [1.29, 1.82) is 0 Å². The number of hydrogen-bond acceptors (Lipinski definition) is 3. The van der Waals surface area contributed by atoms with Crippen LogP contribution in [0, 0.1) is 0 Å². The Morgan fingerprint density at radius 1 is 1.62 bits per heavy atom. The van der Waals surface area contributed by atoms with Crippen molar-refractivity contribution >= 4 is 16.8 Å². The highest BCUT2D eigenvalue weighted by Crippen LogP contribution is 2.07. The van der Waals surface area contributed by atoms with E-state index in [4.69, 9.17) is 0 Å². The zero-order valence-corrected chi connectivity index (χ0v) is 7.24. The predicted molar refractivity (Wildman–Crippen MR) is 48.3 cm³/mol. The largest absolute Gasteiger partial charge is 0.359 e. The van der Waals surface area contributed by atoms with Crippen molar-refractivity contribution in [3.63, 3.8) is 0 Å². The summed E-state index contributed by atoms with van der Waals surface area (Å²) in [4.78, 5) is 22.1. The van der Waals surface area contributed by atoms with Crippen LogP contribution in [0.2, 0.25) is 0 Å². The second kappa shape index (κ2) is 2.97. The SMILES string of the molecule is CC(=O)Cc1ncc2[nH]ccc2n1. The lowest BCUT2D eigenvalue weighted by atomic mass is 10.3. The fraction of sp³-hybridized carbons (Fsp3) is 0.222. The minimum absolute atomic E-state index is 0.0786. The molecule has 66 valence electrons. The summed E-state index contributed by atoms with van der Waals surface area (Å²) < 4.78 is 0. The predicted octanol–water partition coefficient (Wildman–Crippen LogP) is 1.09. The molecule has 0 bridgehead atoms. The van der Waals surface area contributed by atoms with E-state index in [1.54, 1.807) is 12.4 Å². The number of rotatable bonds is 2. The summed E-state index contributed by atoms with van der Waals surface area (Å²) in [5.41, 5.74) is 1.75. The average molecular weight is 175 g/mol. The number of carbonyl (C=O) groups excluding carboxylic acids is 1. The van der Waals surface area contributed by atoms with Gasteiger partial charge in [0.15, 0.2) is 0 Å². The van der Waals surface area contributed by atoms with Crippen LogP contribution in [0.3, 0.4) is 0 Å². The number of fused-ring (bicyclic) bond motifs is 1. The van der Waals surface area contributed by atoms with Gasteiger partial charge in [-0.2, -0.15) is 0 Å². The molecule has 0 amide bonds. The third kappa shape index (κ3) is 1.56. The molecule has 1 N–H and O–H groups in total. The van der Waals surface area contributed by atoms with Crippen LogP contribution >= 0.6 is 0 Å². The fourth-order valence-electron chi connectivity index (χ4n) is 1.19. The van der Waals surface area contributed by atoms with Gasteiger partial charge in [-0.3, -0.25) is 4.79 Å². The normalized spacial score (nSPS) is 10.5. The molecule has 0 fully saturated rings. The molecular formula is C9H9N3O. The van der Waals surface area contributed by atoms with Crippen LogP contribution < -0.4 is 0 Å². The third-order valence-electron chi connectivity index (χ3n) is 1.76. The minimum atomic E-state index is 0.0786. The van der Waals surface area contributed by atoms with Crippen LogP contribution in [-0.2, 0) is 11.2 Å². The molecule has 0 aromatic carbocycles. The van der Waals surface area contributed by atoms with Gasteiger partial charge in [0, 0.05) is 6.20 Å². The molecule has 0 atom stereocenters. The van der Waals surface area contributed by atoms with Crippen molar-refractivity contribution in [3.8, 4) is 0 Å². The number of Topliss-reactive ketones (excluding diaryl/α,β-unsaturated/α-hetero) is 1. The van der Waals surface area contributed by atoms with Gasteiger partial charge < -0.3 is 4.98 Å². The number of aromatic nitrogens is 3. The van der Waals surface area contributed by atoms with Crippen molar-refractivity contribution in [2.24, 2.45) is 0 Å². The van der Waals surface area contributed by atoms with E-state index in [-0.39, 0.29) is 5.78 Å². The fourth-order valence-corrected chi connectivity index (χ4v) is 1.19. The van der Waals surface area contributed by atoms with Crippen LogP contribution in [0.1, 0.15) is 12.7 Å². The molecule has 0 saturated carbocycles. The van der Waals surface area contributed by atoms with E-state index < -0.39 is 0 Å². The Balaban J connectivity index is 2.42. The van der Waals surface area contributed by atoms with Gasteiger partial charge >= 0.3 is 0 Å². The van der Waals surface area contributed by atoms with E-state index in [1.807, 2.05) is 6.07 Å². The molecule has 2 heterocycles. The van der Waals surface area contributed by atoms with Gasteiger partial charge in [0.05, 0.1) is 23.7 Å². The maximum Gasteiger partial charge on any atom is 0.137 e. The Morgan fingerprint density at radius 3 is 3.23 bits per heavy atom. The Hall–Kier alpha value is -1.71. The number of ketones is 1. The monoisotopic (exact) mass is 175 g/mol. The molecule has 0 spiro atoms. The molecular weight excluding hydrogens is 166 g/mol. The molecule has 0 saturated heterocycles. The summed E-state index contributed by atoms with van der Waals surface area (Å²) in [5, 5.41) is 0. The van der Waals surface area contributed by atoms with Crippen molar-refractivity contribution < 1.29 is 4.79 Å². The Bertz CT molecular complexity index is 447. The van der Waals surface area contributed by atoms with Gasteiger partial charge in [-0.15, -0.1) is 0 Å². The first-order valence-corrected chi connectivity index (χ1v) is 4.04. The quantitative estimate of drug-likeness (QED) is 0.743. The molecule has 0 aliphatic carbocycles. The van der Waals surface area contributed by atoms with E-state index in [0.717, 1.165) is 11.0 Å². The highest BCUT2D eigenvalue weighted by molar-refractivity contribution is 5.78. The lowest BCUT2D eigenvalue weighted by Crippen LogP contribution is -2.01. The highest BCUT2D eigenvalue weighted by Gasteiger charge is 2.02. The molecule has 13 heavy (non-hydrogen) atoms. The van der Waals surface area contributed by atoms with Crippen molar-refractivity contribution in [1.82, 2.24) is 15.0 Å². The standard InChI is InChI=1S/C9H9N3O/c1-6(13)4-9-11-5-8-7(12-9)2-3-10-8/h2-3,5,10H,4H2,1H3. The summed E-state index contributed by atoms with van der Waals surface area (Å²) in [5.74, 6) is 0.662. The maximum absolute atomic E-state index is 10.8. The first kappa shape index (κ1) is 7.91. The van der Waals surface area contributed by atoms with E-state index in [9.17, 15) is 4.79 Å². The Labute approximate surface area is 75.0 Å². The van der Waals surface area contributed by atoms with Gasteiger partial charge in [-0.05, 0) is 13.0 Å². The van der Waals surface area contributed by atoms with Crippen LogP contribution in [0.5, 0.6) is 0 Å². The van der Waals surface area contributed by atoms with Crippen molar-refractivity contribution in [2.45, 2.75) is 13.3 Å². The third-order valence-corrected chi connectivity index (χ3v) is 1.76. The zero-order chi connectivity index (χ0) is 9.26. The molecule has 4 nitrogen and oxygen atoms in total. The summed E-state index contributed by atoms with van der Waals surface area (Å²) in [7, 11) is 0. The lowest BCUT2D eigenvalue weighted by Gasteiger charge is -1.95. The Morgan fingerprint density at radius 2 is 2.46 bits per heavy atom. The van der Waals surface area contributed by atoms with Crippen molar-refractivity contribution in [2.75, 3.05) is 0 Å². The van der Waals surface area contributed by atoms with E-state index in [1.165, 1.54) is 6.92 Å². The van der Waals surface area contributed by atoms with Crippen molar-refractivity contribution in [3.05, 3.63) is 24.3 Å². The number of nitrogens with zero attached hydrogens (tertiary/aromatic N) is 2. The average Bonchev–Trinajstić information content (AvgIpc) is 2.49. The van der Waals surface area contributed by atoms with Gasteiger partial charge in [0.2, 0.25) is 0 Å². The first-order chi connectivity index (χ1) is 6.25. The summed E-state index contributed by atoms with van der Waals surface area (Å²) in [6.45, 7) is 1.53. The number of nitrogens with one attached hydrogen (secondary N) is 1. The second-order valence-electron chi connectivity index (χ2n) is 2.94. The molecule has 2 rings (SSSR count). The number of carbonyl (C=O) groups is 1. The number of H-pyrrole nitrogens is 1. The van der Waals surface area contributed by atoms with Crippen LogP contribution in [-0.4, -0.2) is 20.7 Å². The molecule has 0 radical (unpaired) electrons. The van der Waals surface area contributed by atoms with Crippen LogP contribution in [0.4, 0.5) is 0 Å². The summed E-state index contributed by atoms with van der Waals surface area (Å²) in [6, 6.07) is 1.86. The summed E-state index contributed by atoms with van der Waals surface area (Å²) >= 11 is 0. The van der Waals surface area contributed by atoms with E-state index in [2.05, 4.69) is 15.0 Å². The van der Waals surface area contributed by atoms with Gasteiger partial charge in [-0.1, -0.05) is 0 Å². The first-order valence-electron chi connectivity index (χ1n) is 4.04. The molecule has 2 aromatic rings. The molecule has 4 heteroatoms. The topological polar surface area (TPSA) is 58.6 Å². The zero-order valence-electron chi connectivity index (χ0n) is 7.24. The van der Waals surface area contributed by atoms with Crippen LogP contribution in [0.25, 0.3) is 11.0 Å². The van der Waals surface area contributed by atoms with Gasteiger partial charge in [0.1, 0.15) is 11.6 Å². The molecule has 0 aliphatic heterocycles. The lowest BCUT2D eigenvalue weighted by molar-refractivity contribution is -0.116. The maximum atomic E-state index is 10.8. The summed E-state index contributed by atoms with van der Waals surface area (Å²) in [6.07, 6.45) is 3.80. The molecule has 0 unspecified atom stereocenters. The van der Waals surface area contributed by atoms with Gasteiger partial charge in [-0.25, -0.2) is 9.97 Å². The van der Waals surface area contributed by atoms with E-state index in [0.29, 0.717) is 12.2 Å². The number of aromatic amines is 1. The number of hydrogen-bond donors (Lipinski definition) is 1. The highest BCUT2D eigenvalue weighted by atomic mass is 16.1. The van der Waals surface area contributed by atoms with E-state index >= 15 is 0 Å². The smallest absolute Gasteiger partial charge is 0.137 e. The van der Waals surface area contributed by atoms with Gasteiger partial charge in [0.25, 0.3) is 0 Å². The second-order valence-corrected chi connectivity index (χ2v) is 2.94. The Kier molecular flexibility index (Phi) is 1.81.